The first-order chi connectivity index (χ1) is 12.6. The molecular weight excluding hydrogens is 328 g/mol. The summed E-state index contributed by atoms with van der Waals surface area (Å²) in [6.45, 7) is 4.36. The first kappa shape index (κ1) is 16.3. The van der Waals surface area contributed by atoms with Gasteiger partial charge in [-0.3, -0.25) is 4.90 Å². The van der Waals surface area contributed by atoms with Gasteiger partial charge in [0, 0.05) is 24.0 Å². The Morgan fingerprint density at radius 2 is 2.15 bits per heavy atom. The van der Waals surface area contributed by atoms with Crippen molar-refractivity contribution >= 4 is 16.9 Å². The van der Waals surface area contributed by atoms with Gasteiger partial charge in [0.05, 0.1) is 18.7 Å². The van der Waals surface area contributed by atoms with Crippen molar-refractivity contribution in [3.63, 3.8) is 0 Å². The smallest absolute Gasteiger partial charge is 0.359 e. The second kappa shape index (κ2) is 5.33. The molecule has 5 heteroatoms. The summed E-state index contributed by atoms with van der Waals surface area (Å²) in [7, 11) is 1.37. The van der Waals surface area contributed by atoms with E-state index < -0.39 is 11.7 Å². The standard InChI is InChI=1S/C21H26N2O3/c1-3-20-10-6-11-22-12-9-15-14-7-4-5-8-16(14)23(17(15)18(20)22)21(25,13-20)19(24)26-2/h4-5,7-8,18,25H,3,6,9-13H2,1-2H3/t18-,20+,21+/m0/s1. The zero-order valence-electron chi connectivity index (χ0n) is 15.5. The van der Waals surface area contributed by atoms with Gasteiger partial charge in [-0.15, -0.1) is 0 Å². The van der Waals surface area contributed by atoms with Crippen molar-refractivity contribution in [1.82, 2.24) is 9.47 Å². The lowest BCUT2D eigenvalue weighted by Gasteiger charge is -2.57. The summed E-state index contributed by atoms with van der Waals surface area (Å²) in [5, 5.41) is 12.9. The van der Waals surface area contributed by atoms with Gasteiger partial charge in [0.15, 0.2) is 0 Å². The van der Waals surface area contributed by atoms with Gasteiger partial charge >= 0.3 is 5.97 Å². The second-order valence-corrected chi connectivity index (χ2v) is 8.21. The molecule has 2 aromatic rings. The molecule has 26 heavy (non-hydrogen) atoms. The first-order valence-corrected chi connectivity index (χ1v) is 9.73. The maximum atomic E-state index is 12.8. The molecule has 138 valence electrons. The van der Waals surface area contributed by atoms with Crippen LogP contribution in [0.3, 0.4) is 0 Å². The van der Waals surface area contributed by atoms with Crippen molar-refractivity contribution < 1.29 is 14.6 Å². The maximum Gasteiger partial charge on any atom is 0.359 e. The monoisotopic (exact) mass is 354 g/mol. The van der Waals surface area contributed by atoms with Crippen molar-refractivity contribution in [2.45, 2.75) is 50.8 Å². The molecule has 3 aliphatic heterocycles. The van der Waals surface area contributed by atoms with Crippen LogP contribution in [0.4, 0.5) is 0 Å². The fourth-order valence-corrected chi connectivity index (χ4v) is 6.10. The molecule has 1 N–H and O–H groups in total. The van der Waals surface area contributed by atoms with E-state index in [2.05, 4.69) is 17.9 Å². The minimum absolute atomic E-state index is 0.0826. The molecule has 1 aromatic heterocycles. The van der Waals surface area contributed by atoms with Crippen molar-refractivity contribution in [3.05, 3.63) is 35.5 Å². The third-order valence-corrected chi connectivity index (χ3v) is 7.18. The van der Waals surface area contributed by atoms with E-state index in [1.165, 1.54) is 18.1 Å². The van der Waals surface area contributed by atoms with Crippen molar-refractivity contribution in [1.29, 1.82) is 0 Å². The molecule has 0 spiro atoms. The number of aromatic nitrogens is 1. The highest BCUT2D eigenvalue weighted by Crippen LogP contribution is 2.60. The number of para-hydroxylation sites is 1. The van der Waals surface area contributed by atoms with Crippen LogP contribution >= 0.6 is 0 Å². The largest absolute Gasteiger partial charge is 0.465 e. The molecule has 0 radical (unpaired) electrons. The number of esters is 1. The van der Waals surface area contributed by atoms with E-state index in [-0.39, 0.29) is 11.5 Å². The van der Waals surface area contributed by atoms with Gasteiger partial charge in [-0.1, -0.05) is 25.1 Å². The van der Waals surface area contributed by atoms with Gasteiger partial charge in [0.1, 0.15) is 0 Å². The van der Waals surface area contributed by atoms with Crippen LogP contribution in [-0.2, 0) is 21.7 Å². The molecule has 0 saturated carbocycles. The molecule has 0 bridgehead atoms. The van der Waals surface area contributed by atoms with Crippen LogP contribution in [0.25, 0.3) is 10.9 Å². The summed E-state index contributed by atoms with van der Waals surface area (Å²) in [6, 6.07) is 8.45. The van der Waals surface area contributed by atoms with Gasteiger partial charge < -0.3 is 14.4 Å². The lowest BCUT2D eigenvalue weighted by Crippen LogP contribution is -2.60. The minimum Gasteiger partial charge on any atom is -0.465 e. The number of nitrogens with zero attached hydrogens (tertiary/aromatic N) is 2. The van der Waals surface area contributed by atoms with E-state index in [4.69, 9.17) is 4.74 Å². The summed E-state index contributed by atoms with van der Waals surface area (Å²) in [4.78, 5) is 15.4. The zero-order chi connectivity index (χ0) is 18.1. The second-order valence-electron chi connectivity index (χ2n) is 8.21. The Balaban J connectivity index is 1.89. The lowest BCUT2D eigenvalue weighted by atomic mass is 9.62. The summed E-state index contributed by atoms with van der Waals surface area (Å²) < 4.78 is 7.01. The normalized spacial score (nSPS) is 33.1. The Hall–Kier alpha value is -1.85. The Bertz CT molecular complexity index is 904. The predicted molar refractivity (Wildman–Crippen MR) is 98.7 cm³/mol. The van der Waals surface area contributed by atoms with Crippen LogP contribution in [0.1, 0.15) is 49.9 Å². The highest BCUT2D eigenvalue weighted by molar-refractivity contribution is 5.90. The number of rotatable bonds is 2. The van der Waals surface area contributed by atoms with Crippen LogP contribution < -0.4 is 0 Å². The topological polar surface area (TPSA) is 54.7 Å². The average molecular weight is 354 g/mol. The number of benzene rings is 1. The van der Waals surface area contributed by atoms with Gasteiger partial charge in [-0.2, -0.15) is 0 Å². The fraction of sp³-hybridized carbons (Fsp3) is 0.571. The number of methoxy groups -OCH3 is 1. The van der Waals surface area contributed by atoms with E-state index in [1.807, 2.05) is 22.8 Å². The Labute approximate surface area is 153 Å². The Kier molecular flexibility index (Phi) is 3.35. The van der Waals surface area contributed by atoms with Gasteiger partial charge in [0.2, 0.25) is 5.72 Å². The molecule has 0 aliphatic carbocycles. The molecule has 5 nitrogen and oxygen atoms in total. The minimum atomic E-state index is -1.63. The number of fused-ring (bicyclic) bond motifs is 3. The van der Waals surface area contributed by atoms with Gasteiger partial charge in [-0.25, -0.2) is 4.79 Å². The summed E-state index contributed by atoms with van der Waals surface area (Å²) in [6.07, 6.45) is 4.52. The molecule has 5 rings (SSSR count). The lowest BCUT2D eigenvalue weighted by molar-refractivity contribution is -0.194. The Morgan fingerprint density at radius 1 is 1.35 bits per heavy atom. The highest BCUT2D eigenvalue weighted by atomic mass is 16.5. The van der Waals surface area contributed by atoms with E-state index >= 15 is 0 Å². The number of carbonyl (C=O) groups excluding carboxylic acids is 1. The van der Waals surface area contributed by atoms with E-state index in [0.29, 0.717) is 6.42 Å². The molecule has 1 fully saturated rings. The number of aliphatic hydroxyl groups is 1. The summed E-state index contributed by atoms with van der Waals surface area (Å²) in [5.41, 5.74) is 1.69. The van der Waals surface area contributed by atoms with Crippen LogP contribution in [0.5, 0.6) is 0 Å². The number of hydrogen-bond acceptors (Lipinski definition) is 4. The molecule has 3 aliphatic rings. The molecule has 4 heterocycles. The predicted octanol–water partition coefficient (Wildman–Crippen LogP) is 2.95. The van der Waals surface area contributed by atoms with Crippen LogP contribution in [-0.4, -0.2) is 40.7 Å². The van der Waals surface area contributed by atoms with E-state index in [1.54, 1.807) is 0 Å². The van der Waals surface area contributed by atoms with Gasteiger partial charge in [0.25, 0.3) is 0 Å². The number of carbonyl (C=O) groups is 1. The first-order valence-electron chi connectivity index (χ1n) is 9.73. The number of piperidine rings is 1. The molecule has 0 unspecified atom stereocenters. The van der Waals surface area contributed by atoms with E-state index in [0.717, 1.165) is 50.0 Å². The van der Waals surface area contributed by atoms with Crippen LogP contribution in [0.2, 0.25) is 0 Å². The van der Waals surface area contributed by atoms with Gasteiger partial charge in [-0.05, 0) is 49.3 Å². The highest BCUT2D eigenvalue weighted by Gasteiger charge is 2.60. The molecule has 0 amide bonds. The van der Waals surface area contributed by atoms with Crippen LogP contribution in [0, 0.1) is 5.41 Å². The molecular formula is C21H26N2O3. The number of ether oxygens (including phenoxy) is 1. The molecule has 1 saturated heterocycles. The van der Waals surface area contributed by atoms with Crippen molar-refractivity contribution in [2.24, 2.45) is 5.41 Å². The fourth-order valence-electron chi connectivity index (χ4n) is 6.10. The zero-order valence-corrected chi connectivity index (χ0v) is 15.5. The summed E-state index contributed by atoms with van der Waals surface area (Å²) >= 11 is 0. The molecule has 1 aromatic carbocycles. The quantitative estimate of drug-likeness (QED) is 0.843. The summed E-state index contributed by atoms with van der Waals surface area (Å²) in [5.74, 6) is -0.546. The van der Waals surface area contributed by atoms with E-state index in [9.17, 15) is 9.90 Å². The third kappa shape index (κ3) is 1.80. The maximum absolute atomic E-state index is 12.8. The van der Waals surface area contributed by atoms with Crippen LogP contribution in [0.15, 0.2) is 24.3 Å². The van der Waals surface area contributed by atoms with Crippen molar-refractivity contribution in [3.8, 4) is 0 Å². The third-order valence-electron chi connectivity index (χ3n) is 7.18. The Morgan fingerprint density at radius 3 is 2.92 bits per heavy atom. The number of hydrogen-bond donors (Lipinski definition) is 1. The average Bonchev–Trinajstić information content (AvgIpc) is 3.02. The molecule has 3 atom stereocenters. The van der Waals surface area contributed by atoms with Crippen molar-refractivity contribution in [2.75, 3.05) is 20.2 Å². The SMILES string of the molecule is CC[C@@]12CCCN3CCc4c(n(c5ccccc45)[C@](O)(C(=O)OC)C1)[C@H]32.